The lowest BCUT2D eigenvalue weighted by Gasteiger charge is -2.12. The third kappa shape index (κ3) is 4.58. The Bertz CT molecular complexity index is 576. The SMILES string of the molecule is CCCNCc1ccc(Br)cc1Oc1cncc(Br)c1. The summed E-state index contributed by atoms with van der Waals surface area (Å²) in [4.78, 5) is 4.11. The van der Waals surface area contributed by atoms with E-state index in [1.165, 1.54) is 0 Å². The first-order valence-corrected chi connectivity index (χ1v) is 8.05. The molecule has 0 atom stereocenters. The minimum absolute atomic E-state index is 0.717. The van der Waals surface area contributed by atoms with E-state index < -0.39 is 0 Å². The quantitative estimate of drug-likeness (QED) is 0.701. The molecular weight excluding hydrogens is 384 g/mol. The van der Waals surface area contributed by atoms with Gasteiger partial charge in [0.2, 0.25) is 0 Å². The lowest BCUT2D eigenvalue weighted by atomic mass is 10.2. The smallest absolute Gasteiger partial charge is 0.146 e. The average molecular weight is 400 g/mol. The van der Waals surface area contributed by atoms with E-state index in [4.69, 9.17) is 4.74 Å². The van der Waals surface area contributed by atoms with Crippen LogP contribution in [0.1, 0.15) is 18.9 Å². The Morgan fingerprint density at radius 1 is 1.15 bits per heavy atom. The summed E-state index contributed by atoms with van der Waals surface area (Å²) >= 11 is 6.88. The van der Waals surface area contributed by atoms with E-state index in [0.29, 0.717) is 5.75 Å². The van der Waals surface area contributed by atoms with Crippen LogP contribution >= 0.6 is 31.9 Å². The van der Waals surface area contributed by atoms with E-state index in [-0.39, 0.29) is 0 Å². The number of aromatic nitrogens is 1. The molecule has 5 heteroatoms. The molecule has 0 saturated heterocycles. The van der Waals surface area contributed by atoms with Crippen molar-refractivity contribution in [3.63, 3.8) is 0 Å². The van der Waals surface area contributed by atoms with Crippen LogP contribution in [0, 0.1) is 0 Å². The topological polar surface area (TPSA) is 34.1 Å². The summed E-state index contributed by atoms with van der Waals surface area (Å²) in [7, 11) is 0. The van der Waals surface area contributed by atoms with Crippen LogP contribution in [0.4, 0.5) is 0 Å². The maximum Gasteiger partial charge on any atom is 0.146 e. The summed E-state index contributed by atoms with van der Waals surface area (Å²) < 4.78 is 7.83. The van der Waals surface area contributed by atoms with Crippen molar-refractivity contribution in [3.05, 3.63) is 51.2 Å². The van der Waals surface area contributed by atoms with Crippen LogP contribution in [0.25, 0.3) is 0 Å². The largest absolute Gasteiger partial charge is 0.455 e. The predicted octanol–water partition coefficient (Wildman–Crippen LogP) is 4.90. The average Bonchev–Trinajstić information content (AvgIpc) is 2.41. The molecule has 1 aromatic heterocycles. The van der Waals surface area contributed by atoms with Crippen LogP contribution < -0.4 is 10.1 Å². The van der Waals surface area contributed by atoms with E-state index in [0.717, 1.165) is 39.8 Å². The molecule has 0 spiro atoms. The fraction of sp³-hybridized carbons (Fsp3) is 0.267. The van der Waals surface area contributed by atoms with Crippen LogP contribution in [0.5, 0.6) is 11.5 Å². The number of halogens is 2. The van der Waals surface area contributed by atoms with E-state index >= 15 is 0 Å². The molecule has 1 heterocycles. The molecule has 0 aliphatic carbocycles. The summed E-state index contributed by atoms with van der Waals surface area (Å²) in [5, 5.41) is 3.39. The van der Waals surface area contributed by atoms with Crippen LogP contribution in [0.15, 0.2) is 45.6 Å². The van der Waals surface area contributed by atoms with Gasteiger partial charge in [-0.25, -0.2) is 0 Å². The highest BCUT2D eigenvalue weighted by Gasteiger charge is 2.06. The molecule has 106 valence electrons. The van der Waals surface area contributed by atoms with Crippen molar-refractivity contribution >= 4 is 31.9 Å². The number of rotatable bonds is 6. The van der Waals surface area contributed by atoms with Gasteiger partial charge < -0.3 is 10.1 Å². The number of benzene rings is 1. The first-order valence-electron chi connectivity index (χ1n) is 6.46. The van der Waals surface area contributed by atoms with Crippen molar-refractivity contribution in [2.75, 3.05) is 6.54 Å². The summed E-state index contributed by atoms with van der Waals surface area (Å²) in [6.07, 6.45) is 4.55. The van der Waals surface area contributed by atoms with Crippen LogP contribution in [-0.2, 0) is 6.54 Å². The monoisotopic (exact) mass is 398 g/mol. The molecule has 2 rings (SSSR count). The molecule has 20 heavy (non-hydrogen) atoms. The Labute approximate surface area is 136 Å². The zero-order valence-corrected chi connectivity index (χ0v) is 14.4. The van der Waals surface area contributed by atoms with Crippen molar-refractivity contribution in [1.29, 1.82) is 0 Å². The fourth-order valence-electron chi connectivity index (χ4n) is 1.74. The zero-order chi connectivity index (χ0) is 14.4. The van der Waals surface area contributed by atoms with Gasteiger partial charge in [0.25, 0.3) is 0 Å². The minimum Gasteiger partial charge on any atom is -0.455 e. The molecule has 2 aromatic rings. The number of nitrogens with one attached hydrogen (secondary N) is 1. The second-order valence-corrected chi connectivity index (χ2v) is 6.20. The van der Waals surface area contributed by atoms with Gasteiger partial charge in [-0.2, -0.15) is 0 Å². The van der Waals surface area contributed by atoms with Crippen LogP contribution in [0.3, 0.4) is 0 Å². The van der Waals surface area contributed by atoms with Crippen molar-refractivity contribution in [2.45, 2.75) is 19.9 Å². The van der Waals surface area contributed by atoms with Crippen molar-refractivity contribution in [2.24, 2.45) is 0 Å². The van der Waals surface area contributed by atoms with Crippen molar-refractivity contribution in [1.82, 2.24) is 10.3 Å². The molecule has 0 aliphatic rings. The van der Waals surface area contributed by atoms with Gasteiger partial charge in [0, 0.05) is 27.3 Å². The molecule has 1 N–H and O–H groups in total. The Morgan fingerprint density at radius 3 is 2.75 bits per heavy atom. The van der Waals surface area contributed by atoms with Gasteiger partial charge in [-0.1, -0.05) is 28.9 Å². The Balaban J connectivity index is 2.18. The lowest BCUT2D eigenvalue weighted by molar-refractivity contribution is 0.469. The summed E-state index contributed by atoms with van der Waals surface area (Å²) in [6.45, 7) is 3.94. The molecule has 3 nitrogen and oxygen atoms in total. The number of ether oxygens (including phenoxy) is 1. The second-order valence-electron chi connectivity index (χ2n) is 4.37. The highest BCUT2D eigenvalue weighted by atomic mass is 79.9. The van der Waals surface area contributed by atoms with E-state index in [2.05, 4.69) is 55.2 Å². The van der Waals surface area contributed by atoms with Crippen LogP contribution in [0.2, 0.25) is 0 Å². The number of nitrogens with zero attached hydrogens (tertiary/aromatic N) is 1. The standard InChI is InChI=1S/C15H16Br2N2O/c1-2-5-18-8-11-3-4-12(16)7-15(11)20-14-6-13(17)9-19-10-14/h3-4,6-7,9-10,18H,2,5,8H2,1H3. The molecule has 0 radical (unpaired) electrons. The highest BCUT2D eigenvalue weighted by molar-refractivity contribution is 9.10. The van der Waals surface area contributed by atoms with E-state index in [1.54, 1.807) is 12.4 Å². The molecule has 0 aliphatic heterocycles. The van der Waals surface area contributed by atoms with Gasteiger partial charge >= 0.3 is 0 Å². The van der Waals surface area contributed by atoms with Crippen molar-refractivity contribution in [3.8, 4) is 11.5 Å². The summed E-state index contributed by atoms with van der Waals surface area (Å²) in [6, 6.07) is 7.96. The molecule has 0 fully saturated rings. The number of pyridine rings is 1. The highest BCUT2D eigenvalue weighted by Crippen LogP contribution is 2.29. The number of hydrogen-bond donors (Lipinski definition) is 1. The van der Waals surface area contributed by atoms with Gasteiger partial charge in [0.15, 0.2) is 0 Å². The van der Waals surface area contributed by atoms with Crippen LogP contribution in [-0.4, -0.2) is 11.5 Å². The molecule has 0 bridgehead atoms. The molecule has 0 unspecified atom stereocenters. The fourth-order valence-corrected chi connectivity index (χ4v) is 2.43. The van der Waals surface area contributed by atoms with Gasteiger partial charge in [0.05, 0.1) is 6.20 Å². The van der Waals surface area contributed by atoms with Gasteiger partial charge in [-0.05, 0) is 47.1 Å². The van der Waals surface area contributed by atoms with Gasteiger partial charge in [-0.15, -0.1) is 0 Å². The third-order valence-corrected chi connectivity index (χ3v) is 3.61. The summed E-state index contributed by atoms with van der Waals surface area (Å²) in [5.74, 6) is 1.55. The molecule has 1 aromatic carbocycles. The lowest BCUT2D eigenvalue weighted by Crippen LogP contribution is -2.14. The number of hydrogen-bond acceptors (Lipinski definition) is 3. The van der Waals surface area contributed by atoms with Gasteiger partial charge in [0.1, 0.15) is 11.5 Å². The Hall–Kier alpha value is -0.910. The van der Waals surface area contributed by atoms with Gasteiger partial charge in [-0.3, -0.25) is 4.98 Å². The summed E-state index contributed by atoms with van der Waals surface area (Å²) in [5.41, 5.74) is 1.13. The maximum absolute atomic E-state index is 5.94. The molecule has 0 saturated carbocycles. The Kier molecular flexibility index (Phi) is 6.01. The minimum atomic E-state index is 0.717. The third-order valence-electron chi connectivity index (χ3n) is 2.68. The van der Waals surface area contributed by atoms with E-state index in [1.807, 2.05) is 18.2 Å². The maximum atomic E-state index is 5.94. The predicted molar refractivity (Wildman–Crippen MR) is 88.2 cm³/mol. The first-order chi connectivity index (χ1) is 9.69. The molecular formula is C15H16Br2N2O. The molecule has 0 amide bonds. The first kappa shape index (κ1) is 15.5. The van der Waals surface area contributed by atoms with Crippen molar-refractivity contribution < 1.29 is 4.74 Å². The Morgan fingerprint density at radius 2 is 2.00 bits per heavy atom. The zero-order valence-electron chi connectivity index (χ0n) is 11.2. The normalized spacial score (nSPS) is 10.6. The second kappa shape index (κ2) is 7.76. The van der Waals surface area contributed by atoms with E-state index in [9.17, 15) is 0 Å².